The Morgan fingerprint density at radius 3 is 2.75 bits per heavy atom. The highest BCUT2D eigenvalue weighted by atomic mass is 16.6. The normalized spacial score (nSPS) is 10.5. The number of nitro benzene ring substituents is 1. The Hall–Kier alpha value is -2.37. The standard InChI is InChI=1S/C10H9NO5/c12-8-5-4-7(2-1-3-10(13)14)9(6-8)11(15)16/h1-2,4-6,12H,3H2,(H,13,14). The predicted octanol–water partition coefficient (Wildman–Crippen LogP) is 1.79. The lowest BCUT2D eigenvalue weighted by Crippen LogP contribution is -1.92. The summed E-state index contributed by atoms with van der Waals surface area (Å²) in [6.45, 7) is 0. The molecular formula is C10H9NO5. The van der Waals surface area contributed by atoms with Crippen LogP contribution in [0.2, 0.25) is 0 Å². The van der Waals surface area contributed by atoms with Crippen molar-refractivity contribution < 1.29 is 19.9 Å². The van der Waals surface area contributed by atoms with Crippen molar-refractivity contribution in [2.75, 3.05) is 0 Å². The van der Waals surface area contributed by atoms with E-state index in [2.05, 4.69) is 0 Å². The summed E-state index contributed by atoms with van der Waals surface area (Å²) in [6, 6.07) is 3.67. The molecule has 6 nitrogen and oxygen atoms in total. The molecule has 1 aromatic rings. The highest BCUT2D eigenvalue weighted by Gasteiger charge is 2.11. The van der Waals surface area contributed by atoms with Crippen LogP contribution in [0.1, 0.15) is 12.0 Å². The van der Waals surface area contributed by atoms with Gasteiger partial charge >= 0.3 is 5.97 Å². The monoisotopic (exact) mass is 223 g/mol. The molecule has 0 aliphatic rings. The van der Waals surface area contributed by atoms with Crippen LogP contribution < -0.4 is 0 Å². The van der Waals surface area contributed by atoms with E-state index in [0.29, 0.717) is 0 Å². The fourth-order valence-electron chi connectivity index (χ4n) is 1.12. The van der Waals surface area contributed by atoms with Gasteiger partial charge in [-0.25, -0.2) is 0 Å². The lowest BCUT2D eigenvalue weighted by molar-refractivity contribution is -0.385. The number of aliphatic carboxylic acids is 1. The van der Waals surface area contributed by atoms with Crippen LogP contribution in [-0.2, 0) is 4.79 Å². The van der Waals surface area contributed by atoms with E-state index in [1.54, 1.807) is 0 Å². The van der Waals surface area contributed by atoms with Crippen molar-refractivity contribution in [1.82, 2.24) is 0 Å². The summed E-state index contributed by atoms with van der Waals surface area (Å²) in [6.07, 6.45) is 2.44. The molecule has 0 saturated heterocycles. The van der Waals surface area contributed by atoms with E-state index in [1.807, 2.05) is 0 Å². The van der Waals surface area contributed by atoms with Gasteiger partial charge in [-0.3, -0.25) is 14.9 Å². The van der Waals surface area contributed by atoms with Crippen molar-refractivity contribution in [3.8, 4) is 5.75 Å². The summed E-state index contributed by atoms with van der Waals surface area (Å²) in [5, 5.41) is 28.1. The van der Waals surface area contributed by atoms with E-state index in [9.17, 15) is 14.9 Å². The number of aromatic hydroxyl groups is 1. The van der Waals surface area contributed by atoms with Crippen LogP contribution >= 0.6 is 0 Å². The summed E-state index contributed by atoms with van der Waals surface area (Å²) >= 11 is 0. The largest absolute Gasteiger partial charge is 0.508 e. The highest BCUT2D eigenvalue weighted by molar-refractivity contribution is 5.71. The maximum atomic E-state index is 10.6. The molecule has 16 heavy (non-hydrogen) atoms. The lowest BCUT2D eigenvalue weighted by atomic mass is 10.1. The number of rotatable bonds is 4. The van der Waals surface area contributed by atoms with Crippen molar-refractivity contribution >= 4 is 17.7 Å². The van der Waals surface area contributed by atoms with Gasteiger partial charge in [-0.05, 0) is 12.1 Å². The Balaban J connectivity index is 2.99. The Labute approximate surface area is 90.6 Å². The van der Waals surface area contributed by atoms with E-state index in [4.69, 9.17) is 10.2 Å². The van der Waals surface area contributed by atoms with Gasteiger partial charge in [0.1, 0.15) is 5.75 Å². The summed E-state index contributed by atoms with van der Waals surface area (Å²) in [5.74, 6) is -1.22. The maximum Gasteiger partial charge on any atom is 0.307 e. The Morgan fingerprint density at radius 2 is 2.19 bits per heavy atom. The van der Waals surface area contributed by atoms with Gasteiger partial charge < -0.3 is 10.2 Å². The number of carboxylic acids is 1. The quantitative estimate of drug-likeness (QED) is 0.598. The molecule has 0 atom stereocenters. The SMILES string of the molecule is O=C(O)CC=Cc1ccc(O)cc1[N+](=O)[O-]. The van der Waals surface area contributed by atoms with Crippen LogP contribution in [0.3, 0.4) is 0 Å². The number of carbonyl (C=O) groups is 1. The van der Waals surface area contributed by atoms with Crippen LogP contribution in [0, 0.1) is 10.1 Å². The molecule has 0 fully saturated rings. The van der Waals surface area contributed by atoms with Crippen molar-refractivity contribution in [3.63, 3.8) is 0 Å². The molecule has 0 heterocycles. The van der Waals surface area contributed by atoms with Gasteiger partial charge in [-0.1, -0.05) is 12.2 Å². The second kappa shape index (κ2) is 4.92. The van der Waals surface area contributed by atoms with Crippen LogP contribution in [0.15, 0.2) is 24.3 Å². The fourth-order valence-corrected chi connectivity index (χ4v) is 1.12. The van der Waals surface area contributed by atoms with Gasteiger partial charge in [-0.2, -0.15) is 0 Å². The van der Waals surface area contributed by atoms with Gasteiger partial charge in [0.05, 0.1) is 23.0 Å². The zero-order chi connectivity index (χ0) is 12.1. The summed E-state index contributed by atoms with van der Waals surface area (Å²) in [5.41, 5.74) is -0.00862. The Bertz CT molecular complexity index is 453. The van der Waals surface area contributed by atoms with E-state index < -0.39 is 10.9 Å². The van der Waals surface area contributed by atoms with E-state index in [0.717, 1.165) is 6.07 Å². The minimum absolute atomic E-state index is 0.206. The second-order valence-electron chi connectivity index (χ2n) is 3.00. The summed E-state index contributed by atoms with van der Waals surface area (Å²) in [7, 11) is 0. The van der Waals surface area contributed by atoms with Gasteiger partial charge in [0.2, 0.25) is 0 Å². The topological polar surface area (TPSA) is 101 Å². The Kier molecular flexibility index (Phi) is 3.60. The average molecular weight is 223 g/mol. The van der Waals surface area contributed by atoms with Crippen molar-refractivity contribution in [2.45, 2.75) is 6.42 Å². The number of nitrogens with zero attached hydrogens (tertiary/aromatic N) is 1. The van der Waals surface area contributed by atoms with Crippen LogP contribution in [0.4, 0.5) is 5.69 Å². The number of hydrogen-bond acceptors (Lipinski definition) is 4. The van der Waals surface area contributed by atoms with Gasteiger partial charge in [0, 0.05) is 0 Å². The molecule has 0 spiro atoms. The van der Waals surface area contributed by atoms with Crippen molar-refractivity contribution in [3.05, 3.63) is 40.0 Å². The first kappa shape index (κ1) is 11.7. The molecule has 0 unspecified atom stereocenters. The molecule has 0 aromatic heterocycles. The number of hydrogen-bond donors (Lipinski definition) is 2. The molecule has 1 aromatic carbocycles. The zero-order valence-corrected chi connectivity index (χ0v) is 8.16. The molecule has 0 aliphatic carbocycles. The van der Waals surface area contributed by atoms with Gasteiger partial charge in [0.25, 0.3) is 5.69 Å². The van der Waals surface area contributed by atoms with Crippen LogP contribution in [0.5, 0.6) is 5.75 Å². The molecule has 2 N–H and O–H groups in total. The molecule has 84 valence electrons. The molecule has 0 bridgehead atoms. The van der Waals surface area contributed by atoms with Gasteiger partial charge in [0.15, 0.2) is 0 Å². The predicted molar refractivity (Wildman–Crippen MR) is 56.0 cm³/mol. The third-order valence-electron chi connectivity index (χ3n) is 1.80. The second-order valence-corrected chi connectivity index (χ2v) is 3.00. The van der Waals surface area contributed by atoms with E-state index >= 15 is 0 Å². The third kappa shape index (κ3) is 3.09. The average Bonchev–Trinajstić information content (AvgIpc) is 2.19. The van der Waals surface area contributed by atoms with Gasteiger partial charge in [-0.15, -0.1) is 0 Å². The van der Waals surface area contributed by atoms with Crippen molar-refractivity contribution in [2.24, 2.45) is 0 Å². The molecule has 0 amide bonds. The minimum atomic E-state index is -1.02. The maximum absolute atomic E-state index is 10.6. The zero-order valence-electron chi connectivity index (χ0n) is 8.16. The number of phenolic OH excluding ortho intramolecular Hbond substituents is 1. The first-order valence-corrected chi connectivity index (χ1v) is 4.36. The van der Waals surface area contributed by atoms with Crippen LogP contribution in [0.25, 0.3) is 6.08 Å². The molecular weight excluding hydrogens is 214 g/mol. The molecule has 0 radical (unpaired) electrons. The first-order chi connectivity index (χ1) is 7.50. The fraction of sp³-hybridized carbons (Fsp3) is 0.100. The number of carboxylic acid groups (broad SMARTS) is 1. The lowest BCUT2D eigenvalue weighted by Gasteiger charge is -1.98. The van der Waals surface area contributed by atoms with Crippen LogP contribution in [-0.4, -0.2) is 21.1 Å². The molecule has 1 rings (SSSR count). The van der Waals surface area contributed by atoms with E-state index in [-0.39, 0.29) is 23.4 Å². The summed E-state index contributed by atoms with van der Waals surface area (Å²) < 4.78 is 0. The molecule has 0 aliphatic heterocycles. The van der Waals surface area contributed by atoms with E-state index in [1.165, 1.54) is 24.3 Å². The highest BCUT2D eigenvalue weighted by Crippen LogP contribution is 2.24. The first-order valence-electron chi connectivity index (χ1n) is 4.36. The molecule has 0 saturated carbocycles. The number of phenols is 1. The third-order valence-corrected chi connectivity index (χ3v) is 1.80. The van der Waals surface area contributed by atoms with Crippen molar-refractivity contribution in [1.29, 1.82) is 0 Å². The smallest absolute Gasteiger partial charge is 0.307 e. The molecule has 6 heteroatoms. The summed E-state index contributed by atoms with van der Waals surface area (Å²) in [4.78, 5) is 20.2. The minimum Gasteiger partial charge on any atom is -0.508 e. The number of nitro groups is 1. The Morgan fingerprint density at radius 1 is 1.50 bits per heavy atom. The number of benzene rings is 1.